The Bertz CT molecular complexity index is 747. The highest BCUT2D eigenvalue weighted by Gasteiger charge is 2.21. The van der Waals surface area contributed by atoms with Gasteiger partial charge in [0.15, 0.2) is 5.96 Å². The maximum absolute atomic E-state index is 13.1. The number of likely N-dealkylation sites (tertiary alicyclic amines) is 1. The van der Waals surface area contributed by atoms with Crippen LogP contribution in [0.15, 0.2) is 29.3 Å². The summed E-state index contributed by atoms with van der Waals surface area (Å²) in [7, 11) is -1.30. The van der Waals surface area contributed by atoms with E-state index in [0.717, 1.165) is 44.0 Å². The summed E-state index contributed by atoms with van der Waals surface area (Å²) in [4.78, 5) is 6.84. The van der Waals surface area contributed by atoms with E-state index in [4.69, 9.17) is 4.74 Å². The fourth-order valence-electron chi connectivity index (χ4n) is 3.28. The Morgan fingerprint density at radius 2 is 1.97 bits per heavy atom. The van der Waals surface area contributed by atoms with Gasteiger partial charge in [0.2, 0.25) is 0 Å². The first-order valence-electron chi connectivity index (χ1n) is 10.0. The normalized spacial score (nSPS) is 17.9. The fourth-order valence-corrected chi connectivity index (χ4v) is 3.87. The number of rotatable bonds is 9. The monoisotopic (exact) mass is 428 g/mol. The molecule has 1 aromatic rings. The number of methoxy groups -OCH3 is 1. The summed E-state index contributed by atoms with van der Waals surface area (Å²) >= 11 is 0. The van der Waals surface area contributed by atoms with Crippen molar-refractivity contribution in [1.82, 2.24) is 15.5 Å². The van der Waals surface area contributed by atoms with Gasteiger partial charge in [0.1, 0.15) is 21.8 Å². The van der Waals surface area contributed by atoms with Gasteiger partial charge in [-0.2, -0.15) is 0 Å². The van der Waals surface area contributed by atoms with Crippen LogP contribution in [-0.4, -0.2) is 77.2 Å². The predicted molar refractivity (Wildman–Crippen MR) is 114 cm³/mol. The van der Waals surface area contributed by atoms with E-state index in [1.807, 2.05) is 6.92 Å². The van der Waals surface area contributed by atoms with Crippen molar-refractivity contribution in [2.45, 2.75) is 31.9 Å². The number of halogens is 1. The number of aliphatic imine (C=N–C) groups is 1. The van der Waals surface area contributed by atoms with Crippen molar-refractivity contribution in [2.24, 2.45) is 4.99 Å². The van der Waals surface area contributed by atoms with E-state index in [1.54, 1.807) is 19.2 Å². The molecule has 1 heterocycles. The number of sulfone groups is 1. The first-order valence-corrected chi connectivity index (χ1v) is 12.1. The minimum Gasteiger partial charge on any atom is -0.375 e. The predicted octanol–water partition coefficient (Wildman–Crippen LogP) is 1.58. The van der Waals surface area contributed by atoms with Crippen LogP contribution in [0.5, 0.6) is 0 Å². The molecule has 0 radical (unpaired) electrons. The van der Waals surface area contributed by atoms with Gasteiger partial charge in [0.25, 0.3) is 0 Å². The van der Waals surface area contributed by atoms with E-state index < -0.39 is 9.84 Å². The van der Waals surface area contributed by atoms with Gasteiger partial charge in [-0.15, -0.1) is 0 Å². The van der Waals surface area contributed by atoms with E-state index in [-0.39, 0.29) is 23.7 Å². The summed E-state index contributed by atoms with van der Waals surface area (Å²) in [6.45, 7) is 5.50. The molecule has 1 aliphatic rings. The van der Waals surface area contributed by atoms with Crippen LogP contribution in [0, 0.1) is 5.82 Å². The number of hydrogen-bond donors (Lipinski definition) is 2. The quantitative estimate of drug-likeness (QED) is 0.459. The third kappa shape index (κ3) is 8.67. The maximum Gasteiger partial charge on any atom is 0.191 e. The van der Waals surface area contributed by atoms with E-state index >= 15 is 0 Å². The number of ether oxygens (including phenoxy) is 1. The van der Waals surface area contributed by atoms with Crippen molar-refractivity contribution >= 4 is 15.8 Å². The second-order valence-corrected chi connectivity index (χ2v) is 9.65. The summed E-state index contributed by atoms with van der Waals surface area (Å²) in [5.74, 6) is 0.660. The fraction of sp³-hybridized carbons (Fsp3) is 0.650. The highest BCUT2D eigenvalue weighted by Crippen LogP contribution is 2.17. The molecular formula is C20H33FN4O3S. The molecule has 2 rings (SSSR count). The lowest BCUT2D eigenvalue weighted by Crippen LogP contribution is -2.49. The largest absolute Gasteiger partial charge is 0.375 e. The molecule has 0 aromatic heterocycles. The molecule has 0 spiro atoms. The van der Waals surface area contributed by atoms with Crippen molar-refractivity contribution in [3.63, 3.8) is 0 Å². The molecule has 1 unspecified atom stereocenters. The first kappa shape index (κ1) is 23.6. The van der Waals surface area contributed by atoms with Gasteiger partial charge in [0.05, 0.1) is 12.3 Å². The number of benzene rings is 1. The highest BCUT2D eigenvalue weighted by atomic mass is 32.2. The molecule has 1 atom stereocenters. The zero-order valence-electron chi connectivity index (χ0n) is 17.5. The molecule has 1 fully saturated rings. The molecular weight excluding hydrogens is 395 g/mol. The molecule has 0 aliphatic carbocycles. The van der Waals surface area contributed by atoms with E-state index in [1.165, 1.54) is 18.4 Å². The van der Waals surface area contributed by atoms with Crippen LogP contribution in [-0.2, 0) is 14.6 Å². The van der Waals surface area contributed by atoms with Gasteiger partial charge in [-0.3, -0.25) is 4.99 Å². The van der Waals surface area contributed by atoms with Crippen LogP contribution in [0.25, 0.3) is 0 Å². The molecule has 1 aliphatic heterocycles. The number of guanidine groups is 1. The average molecular weight is 429 g/mol. The summed E-state index contributed by atoms with van der Waals surface area (Å²) < 4.78 is 41.3. The SMILES string of the molecule is CCNC(=NCC(OC)c1ccc(F)cc1)NC1CCN(CCS(C)(=O)=O)CC1. The molecule has 0 bridgehead atoms. The minimum atomic E-state index is -2.93. The third-order valence-electron chi connectivity index (χ3n) is 4.99. The molecule has 1 aromatic carbocycles. The second kappa shape index (κ2) is 11.5. The Morgan fingerprint density at radius 1 is 1.31 bits per heavy atom. The van der Waals surface area contributed by atoms with Crippen molar-refractivity contribution in [1.29, 1.82) is 0 Å². The lowest BCUT2D eigenvalue weighted by molar-refractivity contribution is 0.110. The summed E-state index contributed by atoms with van der Waals surface area (Å²) in [5, 5.41) is 6.72. The summed E-state index contributed by atoms with van der Waals surface area (Å²) in [5.41, 5.74) is 0.882. The molecule has 29 heavy (non-hydrogen) atoms. The molecule has 7 nitrogen and oxygen atoms in total. The van der Waals surface area contributed by atoms with Crippen molar-refractivity contribution in [2.75, 3.05) is 51.8 Å². The number of hydrogen-bond acceptors (Lipinski definition) is 5. The molecule has 1 saturated heterocycles. The first-order chi connectivity index (χ1) is 13.8. The zero-order valence-corrected chi connectivity index (χ0v) is 18.3. The Morgan fingerprint density at radius 3 is 2.52 bits per heavy atom. The minimum absolute atomic E-state index is 0.205. The topological polar surface area (TPSA) is 83.0 Å². The second-order valence-electron chi connectivity index (χ2n) is 7.39. The number of nitrogens with zero attached hydrogens (tertiary/aromatic N) is 2. The molecule has 9 heteroatoms. The Hall–Kier alpha value is -1.71. The highest BCUT2D eigenvalue weighted by molar-refractivity contribution is 7.90. The van der Waals surface area contributed by atoms with Gasteiger partial charge in [-0.05, 0) is 37.5 Å². The number of nitrogens with one attached hydrogen (secondary N) is 2. The molecule has 2 N–H and O–H groups in total. The standard InChI is InChI=1S/C20H33FN4O3S/c1-4-22-20(23-15-19(28-2)16-5-7-17(21)8-6-16)24-18-9-11-25(12-10-18)13-14-29(3,26)27/h5-8,18-19H,4,9-15H2,1-3H3,(H2,22,23,24). The van der Waals surface area contributed by atoms with Gasteiger partial charge < -0.3 is 20.3 Å². The van der Waals surface area contributed by atoms with E-state index in [9.17, 15) is 12.8 Å². The van der Waals surface area contributed by atoms with Crippen LogP contribution in [0.4, 0.5) is 4.39 Å². The Balaban J connectivity index is 1.88. The van der Waals surface area contributed by atoms with Crippen molar-refractivity contribution in [3.05, 3.63) is 35.6 Å². The smallest absolute Gasteiger partial charge is 0.191 e. The average Bonchev–Trinajstić information content (AvgIpc) is 2.68. The summed E-state index contributed by atoms with van der Waals surface area (Å²) in [6, 6.07) is 6.56. The van der Waals surface area contributed by atoms with Crippen LogP contribution in [0.1, 0.15) is 31.4 Å². The van der Waals surface area contributed by atoms with Crippen LogP contribution >= 0.6 is 0 Å². The van der Waals surface area contributed by atoms with Crippen LogP contribution in [0.3, 0.4) is 0 Å². The van der Waals surface area contributed by atoms with Gasteiger partial charge >= 0.3 is 0 Å². The molecule has 164 valence electrons. The zero-order chi connectivity index (χ0) is 21.3. The van der Waals surface area contributed by atoms with Crippen molar-refractivity contribution in [3.8, 4) is 0 Å². The van der Waals surface area contributed by atoms with Gasteiger partial charge in [-0.25, -0.2) is 12.8 Å². The number of piperidine rings is 1. The lowest BCUT2D eigenvalue weighted by Gasteiger charge is -2.33. The van der Waals surface area contributed by atoms with Gasteiger partial charge in [-0.1, -0.05) is 12.1 Å². The lowest BCUT2D eigenvalue weighted by atomic mass is 10.1. The van der Waals surface area contributed by atoms with Crippen molar-refractivity contribution < 1.29 is 17.5 Å². The van der Waals surface area contributed by atoms with E-state index in [2.05, 4.69) is 20.5 Å². The van der Waals surface area contributed by atoms with Crippen LogP contribution < -0.4 is 10.6 Å². The van der Waals surface area contributed by atoms with Crippen LogP contribution in [0.2, 0.25) is 0 Å². The summed E-state index contributed by atoms with van der Waals surface area (Å²) in [6.07, 6.45) is 2.89. The maximum atomic E-state index is 13.1. The third-order valence-corrected chi connectivity index (χ3v) is 5.92. The Kier molecular flexibility index (Phi) is 9.32. The van der Waals surface area contributed by atoms with E-state index in [0.29, 0.717) is 13.1 Å². The van der Waals surface area contributed by atoms with Gasteiger partial charge in [0, 0.05) is 45.6 Å². The Labute approximate surface area is 173 Å². The molecule has 0 amide bonds. The molecule has 0 saturated carbocycles.